The number of primary amides is 1. The number of rotatable bonds is 2. The molecule has 1 aromatic rings. The van der Waals surface area contributed by atoms with E-state index in [1.807, 2.05) is 0 Å². The normalized spacial score (nSPS) is 34.4. The first kappa shape index (κ1) is 22.1. The summed E-state index contributed by atoms with van der Waals surface area (Å²) < 4.78 is 14.6. The number of carbonyl (C=O) groups excluding carboxylic acids is 3. The topological polar surface area (TPSA) is 161 Å². The van der Waals surface area contributed by atoms with Gasteiger partial charge < -0.3 is 26.2 Å². The molecular weight excluding hydrogens is 423 g/mol. The molecule has 1 fully saturated rings. The van der Waals surface area contributed by atoms with Crippen molar-refractivity contribution in [3.8, 4) is 0 Å². The zero-order valence-corrected chi connectivity index (χ0v) is 17.6. The van der Waals surface area contributed by atoms with Crippen LogP contribution in [0.15, 0.2) is 35.1 Å². The van der Waals surface area contributed by atoms with E-state index >= 15 is 0 Å². The van der Waals surface area contributed by atoms with Gasteiger partial charge in [-0.2, -0.15) is 0 Å². The van der Waals surface area contributed by atoms with E-state index in [9.17, 15) is 39.2 Å². The summed E-state index contributed by atoms with van der Waals surface area (Å²) in [5.41, 5.74) is -1.14. The molecule has 3 aliphatic carbocycles. The van der Waals surface area contributed by atoms with Crippen molar-refractivity contribution in [1.82, 2.24) is 4.90 Å². The molecular formula is C22H23FN2O7. The van der Waals surface area contributed by atoms with Crippen LogP contribution in [0.3, 0.4) is 0 Å². The Morgan fingerprint density at radius 1 is 1.22 bits per heavy atom. The standard InChI is InChI=1S/C22H23FN2O7/c1-21(31)8-5-4-6-11(23)12(8)16(26)13-9(21)7-10-15(25(2)3)17(27)14(20(24)30)19(29)22(10,32)18(13)28/h4-6,9-10,15,26,29,31-32H,7H2,1-3H3,(H2,24,30)/t9?,10?,15-,21+,22-/m0/s1. The van der Waals surface area contributed by atoms with Crippen molar-refractivity contribution in [3.63, 3.8) is 0 Å². The fraction of sp³-hybridized carbons (Fsp3) is 0.409. The van der Waals surface area contributed by atoms with Gasteiger partial charge in [-0.15, -0.1) is 0 Å². The number of amides is 1. The van der Waals surface area contributed by atoms with Crippen molar-refractivity contribution >= 4 is 23.2 Å². The maximum atomic E-state index is 14.6. The molecule has 5 atom stereocenters. The van der Waals surface area contributed by atoms with Gasteiger partial charge in [-0.1, -0.05) is 12.1 Å². The number of likely N-dealkylation sites (N-methyl/N-ethyl adjacent to an activating group) is 1. The number of aliphatic hydroxyl groups excluding tert-OH is 2. The number of Topliss-reactive ketones (excluding diaryl/α,β-unsaturated/α-hetero) is 2. The number of nitrogens with two attached hydrogens (primary N) is 1. The number of hydrogen-bond donors (Lipinski definition) is 5. The van der Waals surface area contributed by atoms with E-state index in [0.29, 0.717) is 0 Å². The minimum Gasteiger partial charge on any atom is -0.508 e. The number of fused-ring (bicyclic) bond motifs is 3. The number of benzene rings is 1. The highest BCUT2D eigenvalue weighted by Crippen LogP contribution is 2.56. The summed E-state index contributed by atoms with van der Waals surface area (Å²) >= 11 is 0. The van der Waals surface area contributed by atoms with E-state index in [1.54, 1.807) is 0 Å². The predicted molar refractivity (Wildman–Crippen MR) is 108 cm³/mol. The van der Waals surface area contributed by atoms with Crippen molar-refractivity contribution in [2.24, 2.45) is 17.6 Å². The van der Waals surface area contributed by atoms with Crippen LogP contribution in [0.25, 0.3) is 5.76 Å². The van der Waals surface area contributed by atoms with E-state index in [-0.39, 0.29) is 12.0 Å². The summed E-state index contributed by atoms with van der Waals surface area (Å²) in [6.07, 6.45) is -0.241. The van der Waals surface area contributed by atoms with Gasteiger partial charge in [0, 0.05) is 17.4 Å². The molecule has 10 heteroatoms. The zero-order chi connectivity index (χ0) is 23.9. The maximum absolute atomic E-state index is 14.6. The molecule has 0 aliphatic heterocycles. The summed E-state index contributed by atoms with van der Waals surface area (Å²) in [5.74, 6) is -8.74. The number of aliphatic hydroxyl groups is 4. The smallest absolute Gasteiger partial charge is 0.255 e. The molecule has 0 spiro atoms. The fourth-order valence-electron chi connectivity index (χ4n) is 5.48. The molecule has 3 aliphatic rings. The minimum atomic E-state index is -2.79. The van der Waals surface area contributed by atoms with Crippen LogP contribution in [0.2, 0.25) is 0 Å². The minimum absolute atomic E-state index is 0.0446. The Morgan fingerprint density at radius 2 is 1.84 bits per heavy atom. The van der Waals surface area contributed by atoms with Gasteiger partial charge in [-0.25, -0.2) is 4.39 Å². The van der Waals surface area contributed by atoms with Crippen LogP contribution in [-0.4, -0.2) is 68.5 Å². The number of ketones is 2. The maximum Gasteiger partial charge on any atom is 0.255 e. The Labute approximate surface area is 182 Å². The molecule has 9 nitrogen and oxygen atoms in total. The molecule has 6 N–H and O–H groups in total. The van der Waals surface area contributed by atoms with Crippen LogP contribution in [0.4, 0.5) is 4.39 Å². The van der Waals surface area contributed by atoms with Crippen LogP contribution in [-0.2, 0) is 20.0 Å². The molecule has 2 unspecified atom stereocenters. The first-order valence-electron chi connectivity index (χ1n) is 9.94. The number of carbonyl (C=O) groups is 3. The van der Waals surface area contributed by atoms with Crippen LogP contribution in [0.1, 0.15) is 24.5 Å². The van der Waals surface area contributed by atoms with Crippen molar-refractivity contribution in [3.05, 3.63) is 52.0 Å². The van der Waals surface area contributed by atoms with Crippen LogP contribution >= 0.6 is 0 Å². The largest absolute Gasteiger partial charge is 0.508 e. The summed E-state index contributed by atoms with van der Waals surface area (Å²) in [7, 11) is 2.97. The Hall–Kier alpha value is -3.08. The molecule has 0 saturated heterocycles. The van der Waals surface area contributed by atoms with E-state index in [0.717, 1.165) is 6.07 Å². The number of halogens is 1. The lowest BCUT2D eigenvalue weighted by Gasteiger charge is -2.53. The average molecular weight is 446 g/mol. The van der Waals surface area contributed by atoms with Crippen molar-refractivity contribution in [1.29, 1.82) is 0 Å². The van der Waals surface area contributed by atoms with Crippen LogP contribution in [0.5, 0.6) is 0 Å². The molecule has 1 amide bonds. The first-order valence-corrected chi connectivity index (χ1v) is 9.94. The quantitative estimate of drug-likeness (QED) is 0.399. The molecule has 1 saturated carbocycles. The van der Waals surface area contributed by atoms with Crippen LogP contribution < -0.4 is 5.73 Å². The summed E-state index contributed by atoms with van der Waals surface area (Å²) in [6.45, 7) is 1.35. The van der Waals surface area contributed by atoms with Crippen molar-refractivity contribution in [2.75, 3.05) is 14.1 Å². The lowest BCUT2D eigenvalue weighted by Crippen LogP contribution is -2.67. The third-order valence-electron chi connectivity index (χ3n) is 6.99. The fourth-order valence-corrected chi connectivity index (χ4v) is 5.48. The molecule has 4 rings (SSSR count). The van der Waals surface area contributed by atoms with E-state index in [1.165, 1.54) is 38.1 Å². The zero-order valence-electron chi connectivity index (χ0n) is 17.6. The molecule has 0 aromatic heterocycles. The molecule has 170 valence electrons. The molecule has 0 bridgehead atoms. The highest BCUT2D eigenvalue weighted by atomic mass is 19.1. The van der Waals surface area contributed by atoms with Gasteiger partial charge in [-0.3, -0.25) is 19.3 Å². The third-order valence-corrected chi connectivity index (χ3v) is 6.99. The molecule has 32 heavy (non-hydrogen) atoms. The van der Waals surface area contributed by atoms with Gasteiger partial charge in [-0.05, 0) is 39.1 Å². The van der Waals surface area contributed by atoms with Crippen molar-refractivity contribution < 1.29 is 39.2 Å². The summed E-state index contributed by atoms with van der Waals surface area (Å²) in [4.78, 5) is 39.9. The second kappa shape index (κ2) is 6.71. The summed E-state index contributed by atoms with van der Waals surface area (Å²) in [5, 5.41) is 44.4. The number of nitrogens with zero attached hydrogens (tertiary/aromatic N) is 1. The lowest BCUT2D eigenvalue weighted by molar-refractivity contribution is -0.159. The molecule has 0 radical (unpaired) electrons. The van der Waals surface area contributed by atoms with Gasteiger partial charge in [0.15, 0.2) is 11.4 Å². The second-order valence-corrected chi connectivity index (χ2v) is 8.92. The van der Waals surface area contributed by atoms with Gasteiger partial charge in [0.25, 0.3) is 5.91 Å². The highest BCUT2D eigenvalue weighted by Gasteiger charge is 2.66. The van der Waals surface area contributed by atoms with Gasteiger partial charge in [0.1, 0.15) is 22.9 Å². The van der Waals surface area contributed by atoms with Crippen molar-refractivity contribution in [2.45, 2.75) is 30.6 Å². The van der Waals surface area contributed by atoms with E-state index in [2.05, 4.69) is 0 Å². The SMILES string of the molecule is CN(C)[C@@H]1C(=O)C(C(N)=O)=C(O)[C@@]2(O)C(=O)C3=C(O)c4c(F)cccc4[C@@](C)(O)C3CC12. The Bertz CT molecular complexity index is 1150. The van der Waals surface area contributed by atoms with E-state index in [4.69, 9.17) is 5.73 Å². The highest BCUT2D eigenvalue weighted by molar-refractivity contribution is 6.24. The Balaban J connectivity index is 2.05. The van der Waals surface area contributed by atoms with Gasteiger partial charge in [0.05, 0.1) is 17.2 Å². The van der Waals surface area contributed by atoms with E-state index < -0.39 is 80.6 Å². The predicted octanol–water partition coefficient (Wildman–Crippen LogP) is 0.0625. The van der Waals surface area contributed by atoms with Gasteiger partial charge >= 0.3 is 0 Å². The Morgan fingerprint density at radius 3 is 2.41 bits per heavy atom. The third kappa shape index (κ3) is 2.51. The Kier molecular flexibility index (Phi) is 4.64. The van der Waals surface area contributed by atoms with Crippen LogP contribution in [0, 0.1) is 17.7 Å². The lowest BCUT2D eigenvalue weighted by atomic mass is 9.54. The second-order valence-electron chi connectivity index (χ2n) is 8.92. The first-order chi connectivity index (χ1) is 14.8. The number of hydrogen-bond acceptors (Lipinski definition) is 8. The summed E-state index contributed by atoms with van der Waals surface area (Å²) in [6, 6.07) is 2.56. The molecule has 1 aromatic carbocycles. The molecule has 0 heterocycles. The van der Waals surface area contributed by atoms with Gasteiger partial charge in [0.2, 0.25) is 5.78 Å². The monoisotopic (exact) mass is 446 g/mol. The average Bonchev–Trinajstić information content (AvgIpc) is 2.68.